The van der Waals surface area contributed by atoms with Gasteiger partial charge in [0.1, 0.15) is 0 Å². The Bertz CT molecular complexity index is 432. The maximum atomic E-state index is 11.8. The lowest BCUT2D eigenvalue weighted by Crippen LogP contribution is -2.35. The van der Waals surface area contributed by atoms with Gasteiger partial charge in [-0.3, -0.25) is 4.79 Å². The van der Waals surface area contributed by atoms with Crippen molar-refractivity contribution in [2.45, 2.75) is 61.6 Å². The molecular weight excluding hydrogens is 304 g/mol. The van der Waals surface area contributed by atoms with Crippen LogP contribution in [0.15, 0.2) is 29.2 Å². The third-order valence-corrected chi connectivity index (χ3v) is 5.01. The predicted octanol–water partition coefficient (Wildman–Crippen LogP) is 4.21. The van der Waals surface area contributed by atoms with E-state index in [4.69, 9.17) is 5.73 Å². The van der Waals surface area contributed by atoms with Crippen molar-refractivity contribution in [3.05, 3.63) is 24.3 Å². The Morgan fingerprint density at radius 3 is 2.52 bits per heavy atom. The van der Waals surface area contributed by atoms with Crippen molar-refractivity contribution in [1.29, 1.82) is 0 Å². The summed E-state index contributed by atoms with van der Waals surface area (Å²) in [6.07, 6.45) is 7.03. The molecular formula is C16H25ClN2OS. The first-order valence-corrected chi connectivity index (χ1v) is 8.40. The largest absolute Gasteiger partial charge is 0.325 e. The molecule has 1 unspecified atom stereocenters. The average Bonchev–Trinajstić information content (AvgIpc) is 2.94. The molecule has 3 nitrogen and oxygen atoms in total. The van der Waals surface area contributed by atoms with Crippen LogP contribution in [0, 0.1) is 0 Å². The van der Waals surface area contributed by atoms with Crippen LogP contribution in [-0.2, 0) is 4.79 Å². The zero-order valence-corrected chi connectivity index (χ0v) is 14.1. The van der Waals surface area contributed by atoms with E-state index in [0.717, 1.165) is 23.8 Å². The first kappa shape index (κ1) is 18.3. The monoisotopic (exact) mass is 328 g/mol. The molecule has 118 valence electrons. The maximum Gasteiger partial charge on any atom is 0.241 e. The topological polar surface area (TPSA) is 55.1 Å². The maximum absolute atomic E-state index is 11.8. The highest BCUT2D eigenvalue weighted by Gasteiger charge is 2.16. The molecule has 0 heterocycles. The molecule has 1 aromatic rings. The molecule has 2 rings (SSSR count). The molecule has 0 spiro atoms. The Hall–Kier alpha value is -0.710. The van der Waals surface area contributed by atoms with Crippen molar-refractivity contribution in [2.24, 2.45) is 5.73 Å². The number of thioether (sulfide) groups is 1. The van der Waals surface area contributed by atoms with Gasteiger partial charge in [0.2, 0.25) is 5.91 Å². The lowest BCUT2D eigenvalue weighted by Gasteiger charge is -2.12. The molecule has 1 saturated carbocycles. The van der Waals surface area contributed by atoms with Crippen molar-refractivity contribution in [1.82, 2.24) is 0 Å². The summed E-state index contributed by atoms with van der Waals surface area (Å²) in [6.45, 7) is 2.03. The average molecular weight is 329 g/mol. The third-order valence-electron chi connectivity index (χ3n) is 3.66. The number of anilines is 1. The molecule has 0 saturated heterocycles. The summed E-state index contributed by atoms with van der Waals surface area (Å²) >= 11 is 1.96. The summed E-state index contributed by atoms with van der Waals surface area (Å²) in [5.41, 5.74) is 6.63. The normalized spacial score (nSPS) is 16.3. The van der Waals surface area contributed by atoms with Crippen LogP contribution >= 0.6 is 24.2 Å². The summed E-state index contributed by atoms with van der Waals surface area (Å²) in [7, 11) is 0. The van der Waals surface area contributed by atoms with E-state index in [1.165, 1.54) is 30.6 Å². The molecule has 1 fully saturated rings. The summed E-state index contributed by atoms with van der Waals surface area (Å²) in [5.74, 6) is -0.0944. The summed E-state index contributed by atoms with van der Waals surface area (Å²) < 4.78 is 0. The number of hydrogen-bond donors (Lipinski definition) is 2. The Morgan fingerprint density at radius 2 is 1.95 bits per heavy atom. The number of carbonyl (C=O) groups excluding carboxylic acids is 1. The van der Waals surface area contributed by atoms with E-state index in [-0.39, 0.29) is 18.3 Å². The number of benzene rings is 1. The number of nitrogens with two attached hydrogens (primary N) is 1. The van der Waals surface area contributed by atoms with Gasteiger partial charge in [0.05, 0.1) is 6.04 Å². The smallest absolute Gasteiger partial charge is 0.241 e. The summed E-state index contributed by atoms with van der Waals surface area (Å²) in [4.78, 5) is 13.1. The number of halogens is 1. The Kier molecular flexibility index (Phi) is 8.15. The van der Waals surface area contributed by atoms with Gasteiger partial charge in [0.15, 0.2) is 0 Å². The number of amides is 1. The second-order valence-corrected chi connectivity index (χ2v) is 6.81. The molecule has 1 aliphatic rings. The number of rotatable bonds is 6. The molecule has 1 atom stereocenters. The van der Waals surface area contributed by atoms with E-state index in [2.05, 4.69) is 17.4 Å². The Labute approximate surface area is 137 Å². The molecule has 1 aliphatic carbocycles. The van der Waals surface area contributed by atoms with Gasteiger partial charge in [-0.25, -0.2) is 0 Å². The van der Waals surface area contributed by atoms with Crippen LogP contribution in [0.4, 0.5) is 5.69 Å². The molecule has 5 heteroatoms. The Balaban J connectivity index is 0.00000220. The fraction of sp³-hybridized carbons (Fsp3) is 0.562. The molecule has 0 bridgehead atoms. The van der Waals surface area contributed by atoms with Gasteiger partial charge in [0.25, 0.3) is 0 Å². The van der Waals surface area contributed by atoms with Crippen LogP contribution in [0.5, 0.6) is 0 Å². The minimum atomic E-state index is -0.410. The third kappa shape index (κ3) is 5.89. The van der Waals surface area contributed by atoms with Crippen molar-refractivity contribution in [2.75, 3.05) is 5.32 Å². The van der Waals surface area contributed by atoms with Crippen LogP contribution in [0.1, 0.15) is 45.4 Å². The Morgan fingerprint density at radius 1 is 1.33 bits per heavy atom. The quantitative estimate of drug-likeness (QED) is 0.822. The van der Waals surface area contributed by atoms with Crippen LogP contribution in [0.2, 0.25) is 0 Å². The molecule has 0 radical (unpaired) electrons. The van der Waals surface area contributed by atoms with Gasteiger partial charge in [-0.15, -0.1) is 24.2 Å². The highest BCUT2D eigenvalue weighted by Crippen LogP contribution is 2.34. The van der Waals surface area contributed by atoms with Gasteiger partial charge < -0.3 is 11.1 Å². The van der Waals surface area contributed by atoms with Gasteiger partial charge in [-0.05, 0) is 43.5 Å². The molecule has 0 aromatic heterocycles. The summed E-state index contributed by atoms with van der Waals surface area (Å²) in [6, 6.07) is 7.70. The molecule has 0 aliphatic heterocycles. The second kappa shape index (κ2) is 9.34. The SMILES string of the molecule is CCCC(N)C(=O)Nc1ccc(SC2CCCC2)cc1.Cl. The van der Waals surface area contributed by atoms with Crippen LogP contribution < -0.4 is 11.1 Å². The van der Waals surface area contributed by atoms with E-state index in [9.17, 15) is 4.79 Å². The van der Waals surface area contributed by atoms with Crippen molar-refractivity contribution >= 4 is 35.8 Å². The fourth-order valence-electron chi connectivity index (χ4n) is 2.49. The highest BCUT2D eigenvalue weighted by atomic mass is 35.5. The van der Waals surface area contributed by atoms with Crippen molar-refractivity contribution in [3.8, 4) is 0 Å². The second-order valence-electron chi connectivity index (χ2n) is 5.43. The first-order chi connectivity index (χ1) is 9.69. The minimum Gasteiger partial charge on any atom is -0.325 e. The number of nitrogens with one attached hydrogen (secondary N) is 1. The summed E-state index contributed by atoms with van der Waals surface area (Å²) in [5, 5.41) is 3.65. The zero-order chi connectivity index (χ0) is 14.4. The van der Waals surface area contributed by atoms with Gasteiger partial charge >= 0.3 is 0 Å². The van der Waals surface area contributed by atoms with E-state index in [1.807, 2.05) is 30.8 Å². The number of carbonyl (C=O) groups is 1. The van der Waals surface area contributed by atoms with Gasteiger partial charge in [-0.2, -0.15) is 0 Å². The van der Waals surface area contributed by atoms with E-state index < -0.39 is 6.04 Å². The molecule has 1 aromatic carbocycles. The highest BCUT2D eigenvalue weighted by molar-refractivity contribution is 8.00. The predicted molar refractivity (Wildman–Crippen MR) is 93.3 cm³/mol. The van der Waals surface area contributed by atoms with Crippen LogP contribution in [0.3, 0.4) is 0 Å². The van der Waals surface area contributed by atoms with Crippen molar-refractivity contribution < 1.29 is 4.79 Å². The van der Waals surface area contributed by atoms with Crippen LogP contribution in [0.25, 0.3) is 0 Å². The van der Waals surface area contributed by atoms with Crippen molar-refractivity contribution in [3.63, 3.8) is 0 Å². The molecule has 3 N–H and O–H groups in total. The zero-order valence-electron chi connectivity index (χ0n) is 12.5. The number of hydrogen-bond acceptors (Lipinski definition) is 3. The van der Waals surface area contributed by atoms with Gasteiger partial charge in [-0.1, -0.05) is 26.2 Å². The first-order valence-electron chi connectivity index (χ1n) is 7.52. The fourth-order valence-corrected chi connectivity index (χ4v) is 3.74. The standard InChI is InChI=1S/C16H24N2OS.ClH/c1-2-5-15(17)16(19)18-12-8-10-14(11-9-12)20-13-6-3-4-7-13;/h8-11,13,15H,2-7,17H2,1H3,(H,18,19);1H. The molecule has 21 heavy (non-hydrogen) atoms. The van der Waals surface area contributed by atoms with E-state index >= 15 is 0 Å². The lowest BCUT2D eigenvalue weighted by atomic mass is 10.1. The lowest BCUT2D eigenvalue weighted by molar-refractivity contribution is -0.117. The van der Waals surface area contributed by atoms with Crippen LogP contribution in [-0.4, -0.2) is 17.2 Å². The van der Waals surface area contributed by atoms with E-state index in [0.29, 0.717) is 0 Å². The minimum absolute atomic E-state index is 0. The van der Waals surface area contributed by atoms with Gasteiger partial charge in [0, 0.05) is 15.8 Å². The molecule has 1 amide bonds. The van der Waals surface area contributed by atoms with E-state index in [1.54, 1.807) is 0 Å².